The smallest absolute Gasteiger partial charge is 0.254 e. The van der Waals surface area contributed by atoms with Gasteiger partial charge >= 0.3 is 0 Å². The predicted octanol–water partition coefficient (Wildman–Crippen LogP) is 5.93. The summed E-state index contributed by atoms with van der Waals surface area (Å²) < 4.78 is 17.0. The Balaban J connectivity index is 1.41. The van der Waals surface area contributed by atoms with E-state index < -0.39 is 0 Å². The maximum Gasteiger partial charge on any atom is 0.254 e. The SMILES string of the molecule is C[C@@H]1c2ccccc2CCN1C(=O)c1cc(C2CC2)n2nc(-c3ccc(Br)cc3F)nc2c1. The first-order chi connectivity index (χ1) is 16.0. The van der Waals surface area contributed by atoms with Crippen LogP contribution in [-0.4, -0.2) is 31.9 Å². The van der Waals surface area contributed by atoms with Crippen LogP contribution in [0.3, 0.4) is 0 Å². The van der Waals surface area contributed by atoms with Crippen LogP contribution in [0.4, 0.5) is 4.39 Å². The maximum absolute atomic E-state index is 14.6. The quantitative estimate of drug-likeness (QED) is 0.347. The van der Waals surface area contributed by atoms with Crippen molar-refractivity contribution >= 4 is 27.5 Å². The van der Waals surface area contributed by atoms with E-state index in [1.54, 1.807) is 22.7 Å². The second-order valence-corrected chi connectivity index (χ2v) is 9.81. The van der Waals surface area contributed by atoms with E-state index in [1.165, 1.54) is 17.2 Å². The van der Waals surface area contributed by atoms with E-state index >= 15 is 0 Å². The number of fused-ring (bicyclic) bond motifs is 2. The summed E-state index contributed by atoms with van der Waals surface area (Å²) in [6.07, 6.45) is 2.96. The van der Waals surface area contributed by atoms with Gasteiger partial charge in [-0.1, -0.05) is 40.2 Å². The van der Waals surface area contributed by atoms with Crippen LogP contribution in [0.1, 0.15) is 58.9 Å². The van der Waals surface area contributed by atoms with Crippen molar-refractivity contribution in [1.29, 1.82) is 0 Å². The Bertz CT molecular complexity index is 1410. The number of halogens is 2. The molecule has 0 bridgehead atoms. The molecule has 1 atom stereocenters. The van der Waals surface area contributed by atoms with Crippen molar-refractivity contribution < 1.29 is 9.18 Å². The molecule has 166 valence electrons. The first-order valence-electron chi connectivity index (χ1n) is 11.2. The third kappa shape index (κ3) is 3.55. The molecule has 2 aromatic heterocycles. The van der Waals surface area contributed by atoms with Gasteiger partial charge < -0.3 is 4.90 Å². The molecule has 0 saturated heterocycles. The molecule has 33 heavy (non-hydrogen) atoms. The third-order valence-electron chi connectivity index (χ3n) is 6.73. The fourth-order valence-corrected chi connectivity index (χ4v) is 5.14. The maximum atomic E-state index is 14.6. The van der Waals surface area contributed by atoms with Crippen molar-refractivity contribution in [1.82, 2.24) is 19.5 Å². The Hall–Kier alpha value is -3.06. The number of hydrogen-bond donors (Lipinski definition) is 0. The predicted molar refractivity (Wildman–Crippen MR) is 128 cm³/mol. The van der Waals surface area contributed by atoms with Crippen molar-refractivity contribution in [3.8, 4) is 11.4 Å². The Morgan fingerprint density at radius 3 is 2.73 bits per heavy atom. The number of carbonyl (C=O) groups is 1. The standard InChI is InChI=1S/C26H22BrFN4O/c1-15-20-5-3-2-4-16(20)10-11-31(15)26(33)18-12-23(17-6-7-17)32-24(13-18)29-25(30-32)21-9-8-19(27)14-22(21)28/h2-5,8-9,12-15,17H,6-7,10-11H2,1H3/t15-/m1/s1. The minimum atomic E-state index is -0.384. The normalized spacial score (nSPS) is 17.9. The molecule has 2 aliphatic rings. The molecule has 0 radical (unpaired) electrons. The highest BCUT2D eigenvalue weighted by molar-refractivity contribution is 9.10. The van der Waals surface area contributed by atoms with E-state index in [4.69, 9.17) is 0 Å². The van der Waals surface area contributed by atoms with Gasteiger partial charge in [-0.3, -0.25) is 4.79 Å². The van der Waals surface area contributed by atoms with Crippen LogP contribution in [0, 0.1) is 5.82 Å². The summed E-state index contributed by atoms with van der Waals surface area (Å²) in [6.45, 7) is 2.77. The second kappa shape index (κ2) is 7.76. The van der Waals surface area contributed by atoms with Crippen LogP contribution in [0.5, 0.6) is 0 Å². The highest BCUT2D eigenvalue weighted by Crippen LogP contribution is 2.41. The minimum absolute atomic E-state index is 0.000718. The molecule has 5 nitrogen and oxygen atoms in total. The number of rotatable bonds is 3. The van der Waals surface area contributed by atoms with E-state index in [1.807, 2.05) is 17.0 Å². The average Bonchev–Trinajstić information content (AvgIpc) is 3.57. The zero-order valence-corrected chi connectivity index (χ0v) is 19.7. The number of hydrogen-bond acceptors (Lipinski definition) is 3. The Morgan fingerprint density at radius 2 is 1.94 bits per heavy atom. The van der Waals surface area contributed by atoms with Gasteiger partial charge in [-0.2, -0.15) is 0 Å². The van der Waals surface area contributed by atoms with Crippen LogP contribution >= 0.6 is 15.9 Å². The van der Waals surface area contributed by atoms with Crippen molar-refractivity contribution in [2.45, 2.75) is 38.1 Å². The van der Waals surface area contributed by atoms with Crippen LogP contribution in [-0.2, 0) is 6.42 Å². The minimum Gasteiger partial charge on any atom is -0.332 e. The Morgan fingerprint density at radius 1 is 1.12 bits per heavy atom. The molecular weight excluding hydrogens is 483 g/mol. The van der Waals surface area contributed by atoms with Crippen LogP contribution in [0.25, 0.3) is 17.0 Å². The highest BCUT2D eigenvalue weighted by atomic mass is 79.9. The number of amides is 1. The number of pyridine rings is 1. The van der Waals surface area contributed by atoms with E-state index in [0.717, 1.165) is 25.0 Å². The van der Waals surface area contributed by atoms with Crippen LogP contribution in [0.15, 0.2) is 59.1 Å². The first kappa shape index (κ1) is 20.5. The molecule has 1 saturated carbocycles. The number of carbonyl (C=O) groups excluding carboxylic acids is 1. The Kier molecular flexibility index (Phi) is 4.83. The van der Waals surface area contributed by atoms with Crippen molar-refractivity contribution in [3.05, 3.63) is 87.3 Å². The lowest BCUT2D eigenvalue weighted by Crippen LogP contribution is -2.38. The zero-order chi connectivity index (χ0) is 22.7. The lowest BCUT2D eigenvalue weighted by molar-refractivity contribution is 0.0677. The lowest BCUT2D eigenvalue weighted by Gasteiger charge is -2.35. The molecule has 4 aromatic rings. The number of aromatic nitrogens is 3. The lowest BCUT2D eigenvalue weighted by atomic mass is 9.93. The van der Waals surface area contributed by atoms with Crippen molar-refractivity contribution in [2.75, 3.05) is 6.54 Å². The summed E-state index contributed by atoms with van der Waals surface area (Å²) in [4.78, 5) is 20.2. The molecule has 1 aliphatic heterocycles. The largest absolute Gasteiger partial charge is 0.332 e. The van der Waals surface area contributed by atoms with Crippen molar-refractivity contribution in [2.24, 2.45) is 0 Å². The van der Waals surface area contributed by atoms with Crippen LogP contribution < -0.4 is 0 Å². The van der Waals surface area contributed by atoms with Gasteiger partial charge in [0.2, 0.25) is 0 Å². The number of benzene rings is 2. The van der Waals surface area contributed by atoms with Gasteiger partial charge in [-0.05, 0) is 67.6 Å². The summed E-state index contributed by atoms with van der Waals surface area (Å²) in [5.74, 6) is 0.293. The molecule has 0 spiro atoms. The van der Waals surface area contributed by atoms with Gasteiger partial charge in [0, 0.05) is 28.2 Å². The fraction of sp³-hybridized carbons (Fsp3) is 0.269. The number of nitrogens with zero attached hydrogens (tertiary/aromatic N) is 4. The summed E-state index contributed by atoms with van der Waals surface area (Å²) in [6, 6.07) is 16.9. The average molecular weight is 505 g/mol. The van der Waals surface area contributed by atoms with Gasteiger partial charge in [-0.15, -0.1) is 5.10 Å². The second-order valence-electron chi connectivity index (χ2n) is 8.90. The van der Waals surface area contributed by atoms with Gasteiger partial charge in [0.1, 0.15) is 5.82 Å². The third-order valence-corrected chi connectivity index (χ3v) is 7.23. The van der Waals surface area contributed by atoms with E-state index in [-0.39, 0.29) is 17.8 Å². The first-order valence-corrected chi connectivity index (χ1v) is 12.0. The summed E-state index contributed by atoms with van der Waals surface area (Å²) in [7, 11) is 0. The Labute approximate surface area is 199 Å². The summed E-state index contributed by atoms with van der Waals surface area (Å²) >= 11 is 3.29. The fourth-order valence-electron chi connectivity index (χ4n) is 4.80. The molecule has 1 amide bonds. The summed E-state index contributed by atoms with van der Waals surface area (Å²) in [5, 5.41) is 4.62. The molecule has 1 fully saturated rings. The van der Waals surface area contributed by atoms with E-state index in [2.05, 4.69) is 51.1 Å². The van der Waals surface area contributed by atoms with Crippen LogP contribution in [0.2, 0.25) is 0 Å². The van der Waals surface area contributed by atoms with E-state index in [9.17, 15) is 9.18 Å². The monoisotopic (exact) mass is 504 g/mol. The molecule has 0 N–H and O–H groups in total. The molecule has 6 rings (SSSR count). The zero-order valence-electron chi connectivity index (χ0n) is 18.1. The van der Waals surface area contributed by atoms with Gasteiger partial charge in [0.25, 0.3) is 5.91 Å². The molecule has 0 unspecified atom stereocenters. The van der Waals surface area contributed by atoms with Gasteiger partial charge in [0.05, 0.1) is 11.6 Å². The molecule has 1 aliphatic carbocycles. The molecule has 7 heteroatoms. The van der Waals surface area contributed by atoms with E-state index in [0.29, 0.717) is 39.5 Å². The van der Waals surface area contributed by atoms with Gasteiger partial charge in [0.15, 0.2) is 11.5 Å². The van der Waals surface area contributed by atoms with Crippen molar-refractivity contribution in [3.63, 3.8) is 0 Å². The molecular formula is C26H22BrFN4O. The van der Waals surface area contributed by atoms with Gasteiger partial charge in [-0.25, -0.2) is 13.9 Å². The topological polar surface area (TPSA) is 50.5 Å². The molecule has 3 heterocycles. The highest BCUT2D eigenvalue weighted by Gasteiger charge is 2.32. The summed E-state index contributed by atoms with van der Waals surface area (Å²) in [5.41, 5.74) is 5.02. The molecule has 2 aromatic carbocycles.